The summed E-state index contributed by atoms with van der Waals surface area (Å²) in [7, 11) is 0. The topological polar surface area (TPSA) is 15.3 Å². The van der Waals surface area contributed by atoms with Crippen LogP contribution in [0.3, 0.4) is 0 Å². The quantitative estimate of drug-likeness (QED) is 0.623. The number of hydrogen-bond acceptors (Lipinski definition) is 2. The number of rotatable bonds is 5. The van der Waals surface area contributed by atoms with Crippen LogP contribution in [-0.2, 0) is 0 Å². The van der Waals surface area contributed by atoms with Crippen LogP contribution in [-0.4, -0.2) is 0 Å². The Labute approximate surface area is 131 Å². The summed E-state index contributed by atoms with van der Waals surface area (Å²) in [5.74, 6) is 0. The third-order valence-electron chi connectivity index (χ3n) is 3.43. The molecule has 2 nitrogen and oxygen atoms in total. The van der Waals surface area contributed by atoms with Crippen molar-refractivity contribution in [2.45, 2.75) is 0 Å². The molecule has 0 fully saturated rings. The zero-order valence-corrected chi connectivity index (χ0v) is 12.3. The first kappa shape index (κ1) is 14.0. The van der Waals surface area contributed by atoms with Crippen molar-refractivity contribution in [1.29, 1.82) is 0 Å². The van der Waals surface area contributed by atoms with Gasteiger partial charge in [0.2, 0.25) is 0 Å². The van der Waals surface area contributed by atoms with E-state index in [1.807, 2.05) is 66.7 Å². The van der Waals surface area contributed by atoms with Gasteiger partial charge in [-0.3, -0.25) is 10.4 Å². The third-order valence-corrected chi connectivity index (χ3v) is 3.43. The molecule has 0 amide bonds. The molecule has 0 spiro atoms. The summed E-state index contributed by atoms with van der Waals surface area (Å²) in [5.41, 5.74) is 7.72. The lowest BCUT2D eigenvalue weighted by molar-refractivity contribution is 1.16. The lowest BCUT2D eigenvalue weighted by Crippen LogP contribution is -2.25. The first-order valence-electron chi connectivity index (χ1n) is 7.27. The second-order valence-electron chi connectivity index (χ2n) is 4.91. The minimum atomic E-state index is 1.03. The molecule has 0 bridgehead atoms. The SMILES string of the molecule is C=Cc1ccccc1N(Nc1ccccc1)c1ccccc1. The fourth-order valence-electron chi connectivity index (χ4n) is 2.35. The summed E-state index contributed by atoms with van der Waals surface area (Å²) in [4.78, 5) is 0. The fourth-order valence-corrected chi connectivity index (χ4v) is 2.35. The van der Waals surface area contributed by atoms with E-state index in [1.165, 1.54) is 0 Å². The van der Waals surface area contributed by atoms with Gasteiger partial charge in [0, 0.05) is 0 Å². The van der Waals surface area contributed by atoms with Crippen molar-refractivity contribution in [3.8, 4) is 0 Å². The zero-order valence-electron chi connectivity index (χ0n) is 12.3. The normalized spacial score (nSPS) is 10.0. The molecule has 0 saturated heterocycles. The Balaban J connectivity index is 2.05. The van der Waals surface area contributed by atoms with Crippen molar-refractivity contribution in [2.24, 2.45) is 0 Å². The van der Waals surface area contributed by atoms with Crippen molar-refractivity contribution in [1.82, 2.24) is 0 Å². The minimum Gasteiger partial charge on any atom is -0.294 e. The van der Waals surface area contributed by atoms with Crippen LogP contribution >= 0.6 is 0 Å². The molecule has 0 atom stereocenters. The van der Waals surface area contributed by atoms with Crippen molar-refractivity contribution in [3.63, 3.8) is 0 Å². The second kappa shape index (κ2) is 6.64. The average molecular weight is 286 g/mol. The predicted molar refractivity (Wildman–Crippen MR) is 95.2 cm³/mol. The highest BCUT2D eigenvalue weighted by Crippen LogP contribution is 2.29. The van der Waals surface area contributed by atoms with Crippen molar-refractivity contribution in [2.75, 3.05) is 10.4 Å². The molecule has 0 radical (unpaired) electrons. The highest BCUT2D eigenvalue weighted by molar-refractivity contribution is 5.76. The Morgan fingerprint density at radius 1 is 0.727 bits per heavy atom. The van der Waals surface area contributed by atoms with E-state index in [1.54, 1.807) is 0 Å². The second-order valence-corrected chi connectivity index (χ2v) is 4.91. The molecule has 108 valence electrons. The molecule has 0 heterocycles. The zero-order chi connectivity index (χ0) is 15.2. The summed E-state index contributed by atoms with van der Waals surface area (Å²) in [6, 6.07) is 28.6. The van der Waals surface area contributed by atoms with Crippen LogP contribution in [0.25, 0.3) is 6.08 Å². The highest BCUT2D eigenvalue weighted by Gasteiger charge is 2.11. The maximum Gasteiger partial charge on any atom is 0.0702 e. The number of hydrazine groups is 1. The molecular weight excluding hydrogens is 268 g/mol. The van der Waals surface area contributed by atoms with E-state index < -0.39 is 0 Å². The van der Waals surface area contributed by atoms with Crippen LogP contribution in [0.5, 0.6) is 0 Å². The van der Waals surface area contributed by atoms with Crippen LogP contribution in [0.15, 0.2) is 91.5 Å². The summed E-state index contributed by atoms with van der Waals surface area (Å²) < 4.78 is 0. The van der Waals surface area contributed by atoms with Gasteiger partial charge in [-0.2, -0.15) is 0 Å². The summed E-state index contributed by atoms with van der Waals surface area (Å²) in [6.07, 6.45) is 1.87. The first-order valence-corrected chi connectivity index (χ1v) is 7.27. The number of para-hydroxylation sites is 3. The summed E-state index contributed by atoms with van der Waals surface area (Å²) in [6.45, 7) is 3.92. The molecule has 0 aliphatic rings. The third kappa shape index (κ3) is 3.01. The monoisotopic (exact) mass is 286 g/mol. The molecule has 0 aromatic heterocycles. The molecular formula is C20H18N2. The van der Waals surface area contributed by atoms with E-state index in [2.05, 4.69) is 41.3 Å². The molecule has 3 rings (SSSR count). The molecule has 0 saturated carbocycles. The van der Waals surface area contributed by atoms with Gasteiger partial charge >= 0.3 is 0 Å². The molecule has 0 aliphatic carbocycles. The van der Waals surface area contributed by atoms with Gasteiger partial charge in [0.05, 0.1) is 17.1 Å². The molecule has 3 aromatic carbocycles. The molecule has 1 N–H and O–H groups in total. The Morgan fingerprint density at radius 3 is 2.00 bits per heavy atom. The molecule has 3 aromatic rings. The van der Waals surface area contributed by atoms with Gasteiger partial charge in [-0.15, -0.1) is 0 Å². The van der Waals surface area contributed by atoms with Crippen LogP contribution in [0.4, 0.5) is 17.1 Å². The minimum absolute atomic E-state index is 1.03. The summed E-state index contributed by atoms with van der Waals surface area (Å²) >= 11 is 0. The van der Waals surface area contributed by atoms with Crippen LogP contribution in [0, 0.1) is 0 Å². The van der Waals surface area contributed by atoms with Crippen molar-refractivity contribution in [3.05, 3.63) is 97.1 Å². The van der Waals surface area contributed by atoms with Crippen LogP contribution < -0.4 is 10.4 Å². The Morgan fingerprint density at radius 2 is 1.32 bits per heavy atom. The van der Waals surface area contributed by atoms with E-state index in [4.69, 9.17) is 0 Å². The van der Waals surface area contributed by atoms with Gasteiger partial charge in [-0.25, -0.2) is 0 Å². The number of nitrogens with zero attached hydrogens (tertiary/aromatic N) is 1. The Kier molecular flexibility index (Phi) is 4.21. The van der Waals surface area contributed by atoms with Gasteiger partial charge in [-0.1, -0.05) is 67.3 Å². The van der Waals surface area contributed by atoms with E-state index in [0.717, 1.165) is 22.6 Å². The number of benzene rings is 3. The number of anilines is 3. The first-order chi connectivity index (χ1) is 10.9. The lowest BCUT2D eigenvalue weighted by Gasteiger charge is -2.28. The fraction of sp³-hybridized carbons (Fsp3) is 0. The molecule has 0 unspecified atom stereocenters. The number of hydrogen-bond donors (Lipinski definition) is 1. The van der Waals surface area contributed by atoms with E-state index in [-0.39, 0.29) is 0 Å². The smallest absolute Gasteiger partial charge is 0.0702 e. The van der Waals surface area contributed by atoms with E-state index in [9.17, 15) is 0 Å². The van der Waals surface area contributed by atoms with Crippen LogP contribution in [0.2, 0.25) is 0 Å². The van der Waals surface area contributed by atoms with E-state index in [0.29, 0.717) is 0 Å². The van der Waals surface area contributed by atoms with Gasteiger partial charge in [0.25, 0.3) is 0 Å². The predicted octanol–water partition coefficient (Wildman–Crippen LogP) is 5.49. The van der Waals surface area contributed by atoms with Crippen molar-refractivity contribution < 1.29 is 0 Å². The molecule has 2 heteroatoms. The number of nitrogens with one attached hydrogen (secondary N) is 1. The largest absolute Gasteiger partial charge is 0.294 e. The Hall–Kier alpha value is -3.00. The molecule has 0 aliphatic heterocycles. The lowest BCUT2D eigenvalue weighted by atomic mass is 10.1. The average Bonchev–Trinajstić information content (AvgIpc) is 2.61. The van der Waals surface area contributed by atoms with Gasteiger partial charge < -0.3 is 0 Å². The van der Waals surface area contributed by atoms with Gasteiger partial charge in [-0.05, 0) is 35.9 Å². The van der Waals surface area contributed by atoms with Gasteiger partial charge in [0.1, 0.15) is 0 Å². The summed E-state index contributed by atoms with van der Waals surface area (Å²) in [5, 5.41) is 2.08. The van der Waals surface area contributed by atoms with Crippen LogP contribution in [0.1, 0.15) is 5.56 Å². The van der Waals surface area contributed by atoms with Gasteiger partial charge in [0.15, 0.2) is 0 Å². The molecule has 22 heavy (non-hydrogen) atoms. The maximum atomic E-state index is 3.92. The Bertz CT molecular complexity index is 736. The van der Waals surface area contributed by atoms with Crippen molar-refractivity contribution >= 4 is 23.1 Å². The highest BCUT2D eigenvalue weighted by atomic mass is 15.5. The standard InChI is InChI=1S/C20H18N2/c1-2-17-11-9-10-16-20(17)22(19-14-7-4-8-15-19)21-18-12-5-3-6-13-18/h2-16,21H,1H2. The maximum absolute atomic E-state index is 3.92. The van der Waals surface area contributed by atoms with E-state index >= 15 is 0 Å².